The quantitative estimate of drug-likeness (QED) is 0.568. The summed E-state index contributed by atoms with van der Waals surface area (Å²) in [5, 5.41) is 12.3. The molecule has 0 saturated heterocycles. The number of carbonyl (C=O) groups excluding carboxylic acids is 1. The highest BCUT2D eigenvalue weighted by Gasteiger charge is 2.38. The Bertz CT molecular complexity index is 1100. The number of hydrogen-bond donors (Lipinski definition) is 2. The number of halogens is 1. The lowest BCUT2D eigenvalue weighted by Gasteiger charge is -2.33. The molecule has 0 spiro atoms. The van der Waals surface area contributed by atoms with Gasteiger partial charge in [0.25, 0.3) is 0 Å². The SMILES string of the molecule is CCc1ccccc1NC(=O)[C@@H]1Sc2nnc(CC)n2N[C@H]1c1ccc(OC)c(Cl)c1. The van der Waals surface area contributed by atoms with Crippen molar-refractivity contribution in [1.82, 2.24) is 14.9 Å². The van der Waals surface area contributed by atoms with Crippen LogP contribution in [0.15, 0.2) is 47.6 Å². The van der Waals surface area contributed by atoms with Crippen molar-refractivity contribution in [2.45, 2.75) is 43.1 Å². The molecule has 4 rings (SSSR count). The van der Waals surface area contributed by atoms with Crippen LogP contribution in [-0.2, 0) is 17.6 Å². The van der Waals surface area contributed by atoms with E-state index in [4.69, 9.17) is 16.3 Å². The van der Waals surface area contributed by atoms with Gasteiger partial charge < -0.3 is 15.5 Å². The third kappa shape index (κ3) is 4.22. The zero-order chi connectivity index (χ0) is 22.0. The van der Waals surface area contributed by atoms with E-state index < -0.39 is 5.25 Å². The number of para-hydroxylation sites is 1. The number of aryl methyl sites for hydroxylation is 2. The van der Waals surface area contributed by atoms with Gasteiger partial charge in [0, 0.05) is 12.1 Å². The number of carbonyl (C=O) groups is 1. The fraction of sp³-hybridized carbons (Fsp3) is 0.318. The molecule has 1 amide bonds. The fourth-order valence-electron chi connectivity index (χ4n) is 3.61. The zero-order valence-corrected chi connectivity index (χ0v) is 19.1. The summed E-state index contributed by atoms with van der Waals surface area (Å²) in [5.41, 5.74) is 6.22. The van der Waals surface area contributed by atoms with Crippen molar-refractivity contribution >= 4 is 35.0 Å². The summed E-state index contributed by atoms with van der Waals surface area (Å²) < 4.78 is 7.14. The van der Waals surface area contributed by atoms with Crippen LogP contribution in [0.2, 0.25) is 5.02 Å². The molecular weight excluding hydrogens is 434 g/mol. The van der Waals surface area contributed by atoms with Crippen molar-refractivity contribution in [3.05, 3.63) is 64.4 Å². The Morgan fingerprint density at radius 2 is 2.03 bits per heavy atom. The highest BCUT2D eigenvalue weighted by atomic mass is 35.5. The first kappa shape index (κ1) is 21.5. The maximum absolute atomic E-state index is 13.4. The van der Waals surface area contributed by atoms with E-state index in [0.717, 1.165) is 35.5 Å². The lowest BCUT2D eigenvalue weighted by molar-refractivity contribution is -0.116. The number of ether oxygens (including phenoxy) is 1. The summed E-state index contributed by atoms with van der Waals surface area (Å²) in [4.78, 5) is 13.4. The van der Waals surface area contributed by atoms with Crippen molar-refractivity contribution in [3.63, 3.8) is 0 Å². The monoisotopic (exact) mass is 457 g/mol. The minimum Gasteiger partial charge on any atom is -0.495 e. The second-order valence-electron chi connectivity index (χ2n) is 7.13. The molecule has 2 atom stereocenters. The first-order valence-electron chi connectivity index (χ1n) is 10.1. The first-order chi connectivity index (χ1) is 15.0. The number of aromatic nitrogens is 3. The van der Waals surface area contributed by atoms with Crippen LogP contribution >= 0.6 is 23.4 Å². The molecule has 2 heterocycles. The number of nitrogens with one attached hydrogen (secondary N) is 2. The Morgan fingerprint density at radius 3 is 2.74 bits per heavy atom. The van der Waals surface area contributed by atoms with E-state index in [1.165, 1.54) is 11.8 Å². The fourth-order valence-corrected chi connectivity index (χ4v) is 4.97. The van der Waals surface area contributed by atoms with E-state index in [1.807, 2.05) is 54.1 Å². The normalized spacial score (nSPS) is 17.5. The van der Waals surface area contributed by atoms with Crippen LogP contribution in [0, 0.1) is 0 Å². The summed E-state index contributed by atoms with van der Waals surface area (Å²) in [6.07, 6.45) is 1.55. The molecule has 0 aliphatic carbocycles. The summed E-state index contributed by atoms with van der Waals surface area (Å²) in [6.45, 7) is 4.09. The number of methoxy groups -OCH3 is 1. The van der Waals surface area contributed by atoms with Gasteiger partial charge >= 0.3 is 0 Å². The Labute approximate surface area is 190 Å². The standard InChI is InChI=1S/C22H24ClN5O2S/c1-4-13-8-6-7-9-16(13)24-21(29)20-19(14-10-11-17(30-3)15(23)12-14)27-28-18(5-2)25-26-22(28)31-20/h6-12,19-20,27H,4-5H2,1-3H3,(H,24,29)/t19-,20+/m0/s1. The predicted molar refractivity (Wildman–Crippen MR) is 124 cm³/mol. The highest BCUT2D eigenvalue weighted by molar-refractivity contribution is 8.00. The van der Waals surface area contributed by atoms with E-state index in [-0.39, 0.29) is 11.9 Å². The predicted octanol–water partition coefficient (Wildman–Crippen LogP) is 4.46. The van der Waals surface area contributed by atoms with Gasteiger partial charge in [0.05, 0.1) is 18.2 Å². The summed E-state index contributed by atoms with van der Waals surface area (Å²) in [5.74, 6) is 1.29. The van der Waals surface area contributed by atoms with Crippen LogP contribution in [-0.4, -0.2) is 33.1 Å². The number of thioether (sulfide) groups is 1. The minimum absolute atomic E-state index is 0.109. The van der Waals surface area contributed by atoms with Gasteiger partial charge in [-0.25, -0.2) is 4.68 Å². The van der Waals surface area contributed by atoms with Gasteiger partial charge in [-0.2, -0.15) is 0 Å². The van der Waals surface area contributed by atoms with Gasteiger partial charge in [-0.1, -0.05) is 61.5 Å². The number of anilines is 1. The van der Waals surface area contributed by atoms with Gasteiger partial charge in [-0.05, 0) is 35.7 Å². The molecule has 1 aromatic heterocycles. The average molecular weight is 458 g/mol. The van der Waals surface area contributed by atoms with E-state index >= 15 is 0 Å². The van der Waals surface area contributed by atoms with E-state index in [9.17, 15) is 4.79 Å². The highest BCUT2D eigenvalue weighted by Crippen LogP contribution is 2.39. The maximum Gasteiger partial charge on any atom is 0.240 e. The van der Waals surface area contributed by atoms with Crippen LogP contribution in [0.25, 0.3) is 0 Å². The number of benzene rings is 2. The lowest BCUT2D eigenvalue weighted by atomic mass is 10.0. The Kier molecular flexibility index (Phi) is 6.38. The van der Waals surface area contributed by atoms with Gasteiger partial charge in [0.1, 0.15) is 11.0 Å². The van der Waals surface area contributed by atoms with Crippen LogP contribution in [0.5, 0.6) is 5.75 Å². The molecule has 162 valence electrons. The molecule has 2 N–H and O–H groups in total. The van der Waals surface area contributed by atoms with Gasteiger partial charge in [0.2, 0.25) is 11.1 Å². The van der Waals surface area contributed by atoms with Gasteiger partial charge in [-0.3, -0.25) is 4.79 Å². The third-order valence-corrected chi connectivity index (χ3v) is 6.78. The van der Waals surface area contributed by atoms with Crippen molar-refractivity contribution in [2.24, 2.45) is 0 Å². The Hall–Kier alpha value is -2.71. The summed E-state index contributed by atoms with van der Waals surface area (Å²) in [6, 6.07) is 13.1. The average Bonchev–Trinajstić information content (AvgIpc) is 3.20. The first-order valence-corrected chi connectivity index (χ1v) is 11.4. The van der Waals surface area contributed by atoms with Gasteiger partial charge in [0.15, 0.2) is 5.82 Å². The van der Waals surface area contributed by atoms with Gasteiger partial charge in [-0.15, -0.1) is 10.2 Å². The lowest BCUT2D eigenvalue weighted by Crippen LogP contribution is -2.41. The number of fused-ring (bicyclic) bond motifs is 1. The second kappa shape index (κ2) is 9.20. The third-order valence-electron chi connectivity index (χ3n) is 5.27. The molecule has 3 aromatic rings. The van der Waals surface area contributed by atoms with Crippen molar-refractivity contribution in [2.75, 3.05) is 17.9 Å². The minimum atomic E-state index is -0.476. The molecule has 0 fully saturated rings. The number of hydrogen-bond acceptors (Lipinski definition) is 6. The largest absolute Gasteiger partial charge is 0.495 e. The van der Waals surface area contributed by atoms with E-state index in [0.29, 0.717) is 15.9 Å². The second-order valence-corrected chi connectivity index (χ2v) is 8.64. The molecule has 0 bridgehead atoms. The smallest absolute Gasteiger partial charge is 0.240 e. The van der Waals surface area contributed by atoms with Crippen LogP contribution < -0.4 is 15.5 Å². The molecule has 7 nitrogen and oxygen atoms in total. The van der Waals surface area contributed by atoms with E-state index in [2.05, 4.69) is 27.9 Å². The van der Waals surface area contributed by atoms with Crippen LogP contribution in [0.4, 0.5) is 5.69 Å². The summed E-state index contributed by atoms with van der Waals surface area (Å²) >= 11 is 7.78. The topological polar surface area (TPSA) is 81.1 Å². The molecule has 1 aliphatic heterocycles. The molecule has 1 aliphatic rings. The number of amides is 1. The Balaban J connectivity index is 1.70. The molecule has 2 aromatic carbocycles. The summed E-state index contributed by atoms with van der Waals surface area (Å²) in [7, 11) is 1.58. The molecule has 9 heteroatoms. The molecule has 0 saturated carbocycles. The van der Waals surface area contributed by atoms with Crippen LogP contribution in [0.3, 0.4) is 0 Å². The zero-order valence-electron chi connectivity index (χ0n) is 17.6. The maximum atomic E-state index is 13.4. The van der Waals surface area contributed by atoms with Crippen molar-refractivity contribution in [3.8, 4) is 5.75 Å². The Morgan fingerprint density at radius 1 is 1.23 bits per heavy atom. The number of rotatable bonds is 6. The van der Waals surface area contributed by atoms with E-state index in [1.54, 1.807) is 7.11 Å². The molecular formula is C22H24ClN5O2S. The number of nitrogens with zero attached hydrogens (tertiary/aromatic N) is 3. The van der Waals surface area contributed by atoms with Crippen molar-refractivity contribution in [1.29, 1.82) is 0 Å². The molecule has 31 heavy (non-hydrogen) atoms. The van der Waals surface area contributed by atoms with Crippen LogP contribution in [0.1, 0.15) is 36.8 Å². The molecule has 0 unspecified atom stereocenters. The molecule has 0 radical (unpaired) electrons. The van der Waals surface area contributed by atoms with Crippen molar-refractivity contribution < 1.29 is 9.53 Å².